The van der Waals surface area contributed by atoms with Gasteiger partial charge in [-0.2, -0.15) is 10.2 Å². The summed E-state index contributed by atoms with van der Waals surface area (Å²) < 4.78 is 14.9. The molecule has 6 heteroatoms. The maximum absolute atomic E-state index is 13.0. The number of aryl methyl sites for hydroxylation is 1. The predicted octanol–water partition coefficient (Wildman–Crippen LogP) is 3.03. The van der Waals surface area contributed by atoms with E-state index >= 15 is 0 Å². The number of hydrogen-bond donors (Lipinski definition) is 2. The Morgan fingerprint density at radius 3 is 2.70 bits per heavy atom. The van der Waals surface area contributed by atoms with Crippen molar-refractivity contribution in [1.29, 1.82) is 0 Å². The lowest BCUT2D eigenvalue weighted by atomic mass is 10.1. The van der Waals surface area contributed by atoms with Crippen LogP contribution < -0.4 is 5.32 Å². The first kappa shape index (κ1) is 15.4. The quantitative estimate of drug-likeness (QED) is 0.735. The second kappa shape index (κ2) is 6.75. The molecule has 0 aliphatic rings. The van der Waals surface area contributed by atoms with Crippen LogP contribution >= 0.6 is 0 Å². The smallest absolute Gasteiger partial charge is 0.123 e. The molecule has 0 unspecified atom stereocenters. The van der Waals surface area contributed by atoms with Gasteiger partial charge in [-0.15, -0.1) is 0 Å². The van der Waals surface area contributed by atoms with E-state index in [1.54, 1.807) is 12.1 Å². The third kappa shape index (κ3) is 3.48. The van der Waals surface area contributed by atoms with E-state index in [1.165, 1.54) is 23.4 Å². The van der Waals surface area contributed by atoms with Crippen LogP contribution in [0.2, 0.25) is 0 Å². The van der Waals surface area contributed by atoms with Gasteiger partial charge in [0.1, 0.15) is 5.82 Å². The van der Waals surface area contributed by atoms with Gasteiger partial charge >= 0.3 is 0 Å². The fourth-order valence-electron chi connectivity index (χ4n) is 2.53. The van der Waals surface area contributed by atoms with Crippen molar-refractivity contribution in [3.63, 3.8) is 0 Å². The predicted molar refractivity (Wildman–Crippen MR) is 87.2 cm³/mol. The molecule has 0 radical (unpaired) electrons. The standard InChI is InChI=1S/C17H20FN5/c1-3-23-12(2)14(10-20-23)9-19-11-16-8-17(22-21-16)13-4-6-15(18)7-5-13/h4-8,10,19H,3,9,11H2,1-2H3,(H,21,22). The van der Waals surface area contributed by atoms with Crippen LogP contribution in [-0.4, -0.2) is 20.0 Å². The van der Waals surface area contributed by atoms with Gasteiger partial charge in [0.05, 0.1) is 11.9 Å². The van der Waals surface area contributed by atoms with Gasteiger partial charge in [-0.05, 0) is 44.2 Å². The molecule has 2 heterocycles. The maximum atomic E-state index is 13.0. The Balaban J connectivity index is 1.59. The molecule has 5 nitrogen and oxygen atoms in total. The van der Waals surface area contributed by atoms with Crippen LogP contribution in [0, 0.1) is 12.7 Å². The molecule has 1 aromatic carbocycles. The van der Waals surface area contributed by atoms with E-state index in [1.807, 2.05) is 16.9 Å². The molecular weight excluding hydrogens is 293 g/mol. The van der Waals surface area contributed by atoms with Crippen LogP contribution in [-0.2, 0) is 19.6 Å². The second-order valence-corrected chi connectivity index (χ2v) is 5.46. The van der Waals surface area contributed by atoms with Crippen LogP contribution in [0.25, 0.3) is 11.3 Å². The summed E-state index contributed by atoms with van der Waals surface area (Å²) in [6.45, 7) is 6.49. The lowest BCUT2D eigenvalue weighted by Crippen LogP contribution is -2.13. The third-order valence-electron chi connectivity index (χ3n) is 3.91. The van der Waals surface area contributed by atoms with Crippen molar-refractivity contribution in [3.05, 3.63) is 59.3 Å². The maximum Gasteiger partial charge on any atom is 0.123 e. The van der Waals surface area contributed by atoms with Crippen molar-refractivity contribution >= 4 is 0 Å². The van der Waals surface area contributed by atoms with Crippen LogP contribution in [0.5, 0.6) is 0 Å². The molecule has 2 aromatic heterocycles. The zero-order valence-corrected chi connectivity index (χ0v) is 13.3. The zero-order valence-electron chi connectivity index (χ0n) is 13.3. The molecule has 0 bridgehead atoms. The molecule has 0 aliphatic carbocycles. The number of aromatic amines is 1. The summed E-state index contributed by atoms with van der Waals surface area (Å²) in [5.74, 6) is -0.242. The summed E-state index contributed by atoms with van der Waals surface area (Å²) in [4.78, 5) is 0. The summed E-state index contributed by atoms with van der Waals surface area (Å²) in [6.07, 6.45) is 1.91. The van der Waals surface area contributed by atoms with Crippen molar-refractivity contribution in [1.82, 2.24) is 25.3 Å². The van der Waals surface area contributed by atoms with E-state index in [0.29, 0.717) is 6.54 Å². The molecule has 3 rings (SSSR count). The lowest BCUT2D eigenvalue weighted by molar-refractivity contribution is 0.628. The molecule has 0 fully saturated rings. The van der Waals surface area contributed by atoms with Gasteiger partial charge < -0.3 is 5.32 Å². The van der Waals surface area contributed by atoms with Gasteiger partial charge in [-0.25, -0.2) is 4.39 Å². The fourth-order valence-corrected chi connectivity index (χ4v) is 2.53. The van der Waals surface area contributed by atoms with E-state index in [4.69, 9.17) is 0 Å². The van der Waals surface area contributed by atoms with Gasteiger partial charge in [0.2, 0.25) is 0 Å². The van der Waals surface area contributed by atoms with Crippen molar-refractivity contribution in [2.45, 2.75) is 33.5 Å². The van der Waals surface area contributed by atoms with E-state index in [2.05, 4.69) is 34.5 Å². The summed E-state index contributed by atoms with van der Waals surface area (Å²) in [7, 11) is 0. The molecule has 0 aliphatic heterocycles. The summed E-state index contributed by atoms with van der Waals surface area (Å²) in [5.41, 5.74) is 5.09. The highest BCUT2D eigenvalue weighted by Gasteiger charge is 2.06. The first-order valence-electron chi connectivity index (χ1n) is 7.69. The van der Waals surface area contributed by atoms with Gasteiger partial charge in [-0.1, -0.05) is 0 Å². The summed E-state index contributed by atoms with van der Waals surface area (Å²) in [6, 6.07) is 8.31. The molecule has 2 N–H and O–H groups in total. The molecule has 0 spiro atoms. The van der Waals surface area contributed by atoms with Gasteiger partial charge in [0.15, 0.2) is 0 Å². The van der Waals surface area contributed by atoms with E-state index in [9.17, 15) is 4.39 Å². The Hall–Kier alpha value is -2.47. The topological polar surface area (TPSA) is 58.5 Å². The highest BCUT2D eigenvalue weighted by atomic mass is 19.1. The van der Waals surface area contributed by atoms with Crippen molar-refractivity contribution < 1.29 is 4.39 Å². The number of benzene rings is 1. The van der Waals surface area contributed by atoms with Crippen LogP contribution in [0.3, 0.4) is 0 Å². The summed E-state index contributed by atoms with van der Waals surface area (Å²) >= 11 is 0. The zero-order chi connectivity index (χ0) is 16.2. The Kier molecular flexibility index (Phi) is 4.52. The Bertz CT molecular complexity index is 773. The van der Waals surface area contributed by atoms with E-state index in [-0.39, 0.29) is 5.82 Å². The Morgan fingerprint density at radius 1 is 1.22 bits per heavy atom. The number of nitrogens with zero attached hydrogens (tertiary/aromatic N) is 3. The van der Waals surface area contributed by atoms with Crippen LogP contribution in [0.1, 0.15) is 23.9 Å². The van der Waals surface area contributed by atoms with E-state index in [0.717, 1.165) is 30.0 Å². The molecule has 0 atom stereocenters. The normalized spacial score (nSPS) is 11.1. The minimum Gasteiger partial charge on any atom is -0.307 e. The molecule has 23 heavy (non-hydrogen) atoms. The molecule has 0 saturated carbocycles. The number of hydrogen-bond acceptors (Lipinski definition) is 3. The molecule has 3 aromatic rings. The number of halogens is 1. The highest BCUT2D eigenvalue weighted by molar-refractivity contribution is 5.58. The minimum absolute atomic E-state index is 0.242. The van der Waals surface area contributed by atoms with Crippen molar-refractivity contribution in [2.24, 2.45) is 0 Å². The van der Waals surface area contributed by atoms with Gasteiger partial charge in [0, 0.05) is 42.1 Å². The number of nitrogens with one attached hydrogen (secondary N) is 2. The monoisotopic (exact) mass is 313 g/mol. The number of H-pyrrole nitrogens is 1. The highest BCUT2D eigenvalue weighted by Crippen LogP contribution is 2.18. The first-order chi connectivity index (χ1) is 11.2. The number of aromatic nitrogens is 4. The second-order valence-electron chi connectivity index (χ2n) is 5.46. The van der Waals surface area contributed by atoms with Crippen LogP contribution in [0.4, 0.5) is 4.39 Å². The fraction of sp³-hybridized carbons (Fsp3) is 0.294. The first-order valence-corrected chi connectivity index (χ1v) is 7.69. The molecule has 120 valence electrons. The molecule has 0 amide bonds. The molecular formula is C17H20FN5. The number of rotatable bonds is 6. The third-order valence-corrected chi connectivity index (χ3v) is 3.91. The Labute approximate surface area is 134 Å². The molecule has 0 saturated heterocycles. The Morgan fingerprint density at radius 2 is 2.00 bits per heavy atom. The van der Waals surface area contributed by atoms with Crippen LogP contribution in [0.15, 0.2) is 36.5 Å². The van der Waals surface area contributed by atoms with Gasteiger partial charge in [0.25, 0.3) is 0 Å². The lowest BCUT2D eigenvalue weighted by Gasteiger charge is -2.03. The average Bonchev–Trinajstić information content (AvgIpc) is 3.16. The summed E-state index contributed by atoms with van der Waals surface area (Å²) in [5, 5.41) is 15.0. The van der Waals surface area contributed by atoms with Crippen molar-refractivity contribution in [2.75, 3.05) is 0 Å². The van der Waals surface area contributed by atoms with E-state index < -0.39 is 0 Å². The SMILES string of the molecule is CCn1ncc(CNCc2cc(-c3ccc(F)cc3)n[nH]2)c1C. The van der Waals surface area contributed by atoms with Gasteiger partial charge in [-0.3, -0.25) is 9.78 Å². The van der Waals surface area contributed by atoms with Crippen molar-refractivity contribution in [3.8, 4) is 11.3 Å². The minimum atomic E-state index is -0.242. The average molecular weight is 313 g/mol. The largest absolute Gasteiger partial charge is 0.307 e.